The molecule has 0 bridgehead atoms. The Bertz CT molecular complexity index is 624. The van der Waals surface area contributed by atoms with Crippen LogP contribution >= 0.6 is 0 Å². The summed E-state index contributed by atoms with van der Waals surface area (Å²) in [6.07, 6.45) is 4.62. The van der Waals surface area contributed by atoms with E-state index in [4.69, 9.17) is 0 Å². The van der Waals surface area contributed by atoms with Crippen LogP contribution < -0.4 is 4.90 Å². The van der Waals surface area contributed by atoms with E-state index >= 15 is 0 Å². The van der Waals surface area contributed by atoms with E-state index in [0.717, 1.165) is 31.5 Å². The number of benzene rings is 1. The largest absolute Gasteiger partial charge is 0.340 e. The van der Waals surface area contributed by atoms with Gasteiger partial charge in [0.05, 0.1) is 0 Å². The topological polar surface area (TPSA) is 57.7 Å². The van der Waals surface area contributed by atoms with Crippen LogP contribution in [0.25, 0.3) is 0 Å². The standard InChI is InChI=1S/C20H28N2O3/c1-4-18-7-5-6-13-22(18)20(25)12-14-21(16(3)24)19-10-8-17(9-11-19)15(2)23/h8-11,18H,4-7,12-14H2,1-3H3. The third-order valence-corrected chi connectivity index (χ3v) is 4.93. The Morgan fingerprint density at radius 2 is 1.80 bits per heavy atom. The number of carbonyl (C=O) groups excluding carboxylic acids is 3. The summed E-state index contributed by atoms with van der Waals surface area (Å²) in [6.45, 7) is 6.32. The molecule has 0 spiro atoms. The Kier molecular flexibility index (Phi) is 6.73. The highest BCUT2D eigenvalue weighted by atomic mass is 16.2. The summed E-state index contributed by atoms with van der Waals surface area (Å²) in [5, 5.41) is 0. The maximum absolute atomic E-state index is 12.6. The third kappa shape index (κ3) is 4.91. The molecule has 0 aliphatic carbocycles. The molecule has 5 heteroatoms. The first-order valence-electron chi connectivity index (χ1n) is 9.12. The molecule has 0 saturated carbocycles. The minimum Gasteiger partial charge on any atom is -0.340 e. The van der Waals surface area contributed by atoms with Crippen LogP contribution in [0.5, 0.6) is 0 Å². The van der Waals surface area contributed by atoms with Gasteiger partial charge in [0.2, 0.25) is 11.8 Å². The predicted molar refractivity (Wildman–Crippen MR) is 98.7 cm³/mol. The number of ketones is 1. The molecule has 1 aliphatic heterocycles. The van der Waals surface area contributed by atoms with Gasteiger partial charge in [0.25, 0.3) is 0 Å². The Morgan fingerprint density at radius 1 is 1.12 bits per heavy atom. The number of hydrogen-bond acceptors (Lipinski definition) is 3. The zero-order valence-corrected chi connectivity index (χ0v) is 15.5. The van der Waals surface area contributed by atoms with Gasteiger partial charge in [-0.05, 0) is 56.9 Å². The second-order valence-corrected chi connectivity index (χ2v) is 6.67. The van der Waals surface area contributed by atoms with Gasteiger partial charge in [-0.2, -0.15) is 0 Å². The molecule has 136 valence electrons. The number of anilines is 1. The fraction of sp³-hybridized carbons (Fsp3) is 0.550. The molecule has 2 amide bonds. The Balaban J connectivity index is 2.02. The van der Waals surface area contributed by atoms with Crippen molar-refractivity contribution in [1.29, 1.82) is 0 Å². The van der Waals surface area contributed by atoms with Gasteiger partial charge in [0, 0.05) is 43.7 Å². The highest BCUT2D eigenvalue weighted by Crippen LogP contribution is 2.21. The van der Waals surface area contributed by atoms with Crippen molar-refractivity contribution in [3.63, 3.8) is 0 Å². The fourth-order valence-corrected chi connectivity index (χ4v) is 3.45. The van der Waals surface area contributed by atoms with Crippen LogP contribution in [0.4, 0.5) is 5.69 Å². The van der Waals surface area contributed by atoms with Crippen molar-refractivity contribution in [3.8, 4) is 0 Å². The number of piperidine rings is 1. The van der Waals surface area contributed by atoms with Crippen LogP contribution in [-0.2, 0) is 9.59 Å². The maximum atomic E-state index is 12.6. The summed E-state index contributed by atoms with van der Waals surface area (Å²) < 4.78 is 0. The second-order valence-electron chi connectivity index (χ2n) is 6.67. The molecule has 0 radical (unpaired) electrons. The van der Waals surface area contributed by atoms with Crippen molar-refractivity contribution in [2.75, 3.05) is 18.0 Å². The SMILES string of the molecule is CCC1CCCCN1C(=O)CCN(C(C)=O)c1ccc(C(C)=O)cc1. The minimum atomic E-state index is -0.103. The molecular weight excluding hydrogens is 316 g/mol. The normalized spacial score (nSPS) is 17.2. The third-order valence-electron chi connectivity index (χ3n) is 4.93. The van der Waals surface area contributed by atoms with Gasteiger partial charge in [-0.15, -0.1) is 0 Å². The van der Waals surface area contributed by atoms with E-state index in [1.807, 2.05) is 4.90 Å². The van der Waals surface area contributed by atoms with E-state index in [1.54, 1.807) is 29.2 Å². The van der Waals surface area contributed by atoms with Gasteiger partial charge in [-0.1, -0.05) is 6.92 Å². The van der Waals surface area contributed by atoms with E-state index in [9.17, 15) is 14.4 Å². The van der Waals surface area contributed by atoms with Crippen LogP contribution in [0.1, 0.15) is 63.2 Å². The summed E-state index contributed by atoms with van der Waals surface area (Å²) in [5.41, 5.74) is 1.33. The predicted octanol–water partition coefficient (Wildman–Crippen LogP) is 3.42. The van der Waals surface area contributed by atoms with Gasteiger partial charge in [-0.3, -0.25) is 14.4 Å². The number of rotatable bonds is 6. The zero-order valence-electron chi connectivity index (χ0n) is 15.5. The smallest absolute Gasteiger partial charge is 0.224 e. The van der Waals surface area contributed by atoms with Crippen molar-refractivity contribution in [3.05, 3.63) is 29.8 Å². The number of carbonyl (C=O) groups is 3. The quantitative estimate of drug-likeness (QED) is 0.743. The second kappa shape index (κ2) is 8.79. The highest BCUT2D eigenvalue weighted by Gasteiger charge is 2.25. The van der Waals surface area contributed by atoms with Crippen LogP contribution in [0.3, 0.4) is 0 Å². The van der Waals surface area contributed by atoms with E-state index in [-0.39, 0.29) is 17.6 Å². The Morgan fingerprint density at radius 3 is 2.36 bits per heavy atom. The molecule has 5 nitrogen and oxygen atoms in total. The van der Waals surface area contributed by atoms with E-state index in [0.29, 0.717) is 24.6 Å². The lowest BCUT2D eigenvalue weighted by Gasteiger charge is -2.35. The molecule has 2 rings (SSSR count). The Labute approximate surface area is 150 Å². The Hall–Kier alpha value is -2.17. The zero-order chi connectivity index (χ0) is 18.4. The van der Waals surface area contributed by atoms with Crippen molar-refractivity contribution in [1.82, 2.24) is 4.90 Å². The molecule has 1 saturated heterocycles. The number of likely N-dealkylation sites (tertiary alicyclic amines) is 1. The highest BCUT2D eigenvalue weighted by molar-refractivity contribution is 5.96. The van der Waals surface area contributed by atoms with Gasteiger partial charge >= 0.3 is 0 Å². The summed E-state index contributed by atoms with van der Waals surface area (Å²) >= 11 is 0. The lowest BCUT2D eigenvalue weighted by atomic mass is 9.99. The average molecular weight is 344 g/mol. The van der Waals surface area contributed by atoms with E-state index in [1.165, 1.54) is 20.3 Å². The lowest BCUT2D eigenvalue weighted by molar-refractivity contribution is -0.134. The average Bonchev–Trinajstić information content (AvgIpc) is 2.61. The minimum absolute atomic E-state index is 0.00758. The van der Waals surface area contributed by atoms with Crippen molar-refractivity contribution < 1.29 is 14.4 Å². The maximum Gasteiger partial charge on any atom is 0.224 e. The lowest BCUT2D eigenvalue weighted by Crippen LogP contribution is -2.44. The van der Waals surface area contributed by atoms with Crippen LogP contribution in [-0.4, -0.2) is 41.6 Å². The molecule has 1 heterocycles. The van der Waals surface area contributed by atoms with Crippen molar-refractivity contribution in [2.45, 2.75) is 58.9 Å². The monoisotopic (exact) mass is 344 g/mol. The summed E-state index contributed by atoms with van der Waals surface area (Å²) in [6, 6.07) is 7.29. The van der Waals surface area contributed by atoms with Gasteiger partial charge in [0.1, 0.15) is 0 Å². The number of amides is 2. The van der Waals surface area contributed by atoms with Gasteiger partial charge in [-0.25, -0.2) is 0 Å². The molecule has 25 heavy (non-hydrogen) atoms. The van der Waals surface area contributed by atoms with E-state index in [2.05, 4.69) is 6.92 Å². The van der Waals surface area contributed by atoms with Crippen molar-refractivity contribution in [2.24, 2.45) is 0 Å². The number of hydrogen-bond donors (Lipinski definition) is 0. The van der Waals surface area contributed by atoms with Crippen LogP contribution in [0, 0.1) is 0 Å². The molecular formula is C20H28N2O3. The first-order chi connectivity index (χ1) is 11.9. The fourth-order valence-electron chi connectivity index (χ4n) is 3.45. The first-order valence-corrected chi connectivity index (χ1v) is 9.12. The molecule has 1 aromatic carbocycles. The van der Waals surface area contributed by atoms with Crippen LogP contribution in [0.15, 0.2) is 24.3 Å². The molecule has 0 aromatic heterocycles. The molecule has 1 fully saturated rings. The van der Waals surface area contributed by atoms with Gasteiger partial charge in [0.15, 0.2) is 5.78 Å². The summed E-state index contributed by atoms with van der Waals surface area (Å²) in [7, 11) is 0. The van der Waals surface area contributed by atoms with Gasteiger partial charge < -0.3 is 9.80 Å². The molecule has 1 aliphatic rings. The summed E-state index contributed by atoms with van der Waals surface area (Å²) in [4.78, 5) is 39.6. The number of nitrogens with zero attached hydrogens (tertiary/aromatic N) is 2. The van der Waals surface area contributed by atoms with Crippen molar-refractivity contribution >= 4 is 23.3 Å². The first kappa shape index (κ1) is 19.2. The molecule has 1 unspecified atom stereocenters. The molecule has 0 N–H and O–H groups in total. The summed E-state index contributed by atoms with van der Waals surface area (Å²) in [5.74, 6) is 0.0130. The van der Waals surface area contributed by atoms with Crippen LogP contribution in [0.2, 0.25) is 0 Å². The number of Topliss-reactive ketones (excluding diaryl/α,β-unsaturated/α-hetero) is 1. The molecule has 1 aromatic rings. The van der Waals surface area contributed by atoms with E-state index < -0.39 is 0 Å². The molecule has 1 atom stereocenters.